The quantitative estimate of drug-likeness (QED) is 0.0327. The van der Waals surface area contributed by atoms with E-state index in [-0.39, 0.29) is 80.0 Å². The number of aliphatic hydroxyl groups excluding tert-OH is 1. The van der Waals surface area contributed by atoms with Crippen LogP contribution in [-0.4, -0.2) is 35.8 Å². The van der Waals surface area contributed by atoms with Gasteiger partial charge in [0.2, 0.25) is 6.35 Å². The van der Waals surface area contributed by atoms with E-state index in [1.54, 1.807) is 4.90 Å². The predicted molar refractivity (Wildman–Crippen MR) is 322 cm³/mol. The molecule has 1 atom stereocenters. The molecule has 0 spiro atoms. The van der Waals surface area contributed by atoms with Gasteiger partial charge in [-0.3, -0.25) is 6.58 Å². The summed E-state index contributed by atoms with van der Waals surface area (Å²) >= 11 is 0. The molecule has 0 saturated carbocycles. The van der Waals surface area contributed by atoms with Gasteiger partial charge >= 0.3 is 50.3 Å². The van der Waals surface area contributed by atoms with Gasteiger partial charge in [0.1, 0.15) is 37.7 Å². The van der Waals surface area contributed by atoms with E-state index in [4.69, 9.17) is 19.5 Å². The number of amides is 1. The molecule has 1 fully saturated rings. The number of nitrogens with zero attached hydrogens (tertiary/aromatic N) is 2. The smallest absolute Gasteiger partial charge is 0.741 e. The maximum Gasteiger partial charge on any atom is 1.00 e. The molecule has 0 unspecified atom stereocenters. The first-order valence-corrected chi connectivity index (χ1v) is 30.3. The van der Waals surface area contributed by atoms with Crippen molar-refractivity contribution in [3.8, 4) is 0 Å². The molecule has 8 aromatic carbocycles. The predicted octanol–water partition coefficient (Wildman–Crippen LogP) is 13.0. The van der Waals surface area contributed by atoms with E-state index in [1.807, 2.05) is 24.3 Å². The van der Waals surface area contributed by atoms with Gasteiger partial charge in [-0.1, -0.05) is 207 Å². The fraction of sp³-hybridized carbons (Fsp3) is 0.215. The van der Waals surface area contributed by atoms with Crippen LogP contribution in [-0.2, 0) is 59.7 Å². The average Bonchev–Trinajstić information content (AvgIpc) is 3.66. The zero-order chi connectivity index (χ0) is 56.7. The van der Waals surface area contributed by atoms with Crippen molar-refractivity contribution in [2.45, 2.75) is 90.9 Å². The number of halogens is 3. The Morgan fingerprint density at radius 1 is 0.438 bits per heavy atom. The summed E-state index contributed by atoms with van der Waals surface area (Å²) in [4.78, 5) is 16.7. The number of rotatable bonds is 12. The number of carbonyl (C=O) groups excluding carboxylic acids is 1. The molecule has 0 aliphatic carbocycles. The Bertz CT molecular complexity index is 2850. The molecule has 426 valence electrons. The van der Waals surface area contributed by atoms with Crippen LogP contribution in [0.25, 0.3) is 0 Å². The average molecular weight is 1500 g/mol. The third-order valence-corrected chi connectivity index (χ3v) is 19.0. The van der Waals surface area contributed by atoms with Gasteiger partial charge in [-0.2, -0.15) is 13.2 Å². The van der Waals surface area contributed by atoms with Crippen molar-refractivity contribution in [1.82, 2.24) is 0 Å². The van der Waals surface area contributed by atoms with Gasteiger partial charge in [-0.15, -0.1) is 0 Å². The second kappa shape index (κ2) is 31.3. The fourth-order valence-corrected chi connectivity index (χ4v) is 14.4. The van der Waals surface area contributed by atoms with Gasteiger partial charge in [0.05, 0.1) is 15.8 Å². The van der Waals surface area contributed by atoms with Gasteiger partial charge in [-0.05, 0) is 119 Å². The first-order valence-electron chi connectivity index (χ1n) is 25.9. The Labute approximate surface area is 505 Å². The molecule has 80 heavy (non-hydrogen) atoms. The summed E-state index contributed by atoms with van der Waals surface area (Å²) in [5, 5.41) is 20.3. The molecule has 1 aliphatic heterocycles. The number of hydrogen-bond donors (Lipinski definition) is 1. The Balaban J connectivity index is 0.000000248. The summed E-state index contributed by atoms with van der Waals surface area (Å²) in [6.45, 7) is 23.3. The van der Waals surface area contributed by atoms with Crippen molar-refractivity contribution in [3.63, 3.8) is 0 Å². The standard InChI is InChI=1S/C28H37N2O2.2C18H15P.CHF3O3S.2Au/c1-16(2)21-12-10-13-22(17(3)4)25(21)29-20(9)27(31)30(28(29)32)26-23(18(5)6)14-11-15-24(26)19(7)8;2*1-4-10-16(11-5-1)19(17-12-6-2-7-13-17)18-14-8-3-9-15-18;2-1(3,4)8(5,6)7;;/h9-19,28,32H,1-8H3;2*1-15H;(H,5,6,7);;/q-1;;;;2*+1/p+1/t28-;;;;;/m0...../s1. The second-order valence-corrected chi connectivity index (χ2v) is 26.1. The first-order chi connectivity index (χ1) is 37.1. The minimum absolute atomic E-state index is 0. The maximum absolute atomic E-state index is 13.6. The summed E-state index contributed by atoms with van der Waals surface area (Å²) < 4.78 is 58.9. The molecule has 0 radical (unpaired) electrons. The van der Waals surface area contributed by atoms with Gasteiger partial charge in [0, 0.05) is 11.4 Å². The number of anilines is 2. The van der Waals surface area contributed by atoms with E-state index in [9.17, 15) is 23.1 Å². The van der Waals surface area contributed by atoms with Crippen molar-refractivity contribution in [2.75, 3.05) is 9.80 Å². The zero-order valence-electron chi connectivity index (χ0n) is 45.9. The molecule has 1 N–H and O–H groups in total. The second-order valence-electron chi connectivity index (χ2n) is 19.8. The van der Waals surface area contributed by atoms with Crippen LogP contribution >= 0.6 is 15.8 Å². The molecule has 9 rings (SSSR count). The normalized spacial score (nSPS) is 13.3. The molecular formula is C65H69Au2F3N2O5P2S+2. The zero-order valence-corrected chi connectivity index (χ0v) is 53.0. The molecule has 1 heterocycles. The van der Waals surface area contributed by atoms with Crippen molar-refractivity contribution in [1.29, 1.82) is 0 Å². The number of hydrogen-bond acceptors (Lipinski definition) is 6. The van der Waals surface area contributed by atoms with Crippen molar-refractivity contribution in [2.24, 2.45) is 0 Å². The Hall–Kier alpha value is -5.23. The third kappa shape index (κ3) is 17.2. The van der Waals surface area contributed by atoms with Crippen molar-refractivity contribution >= 4 is 75.1 Å². The Kier molecular flexibility index (Phi) is 26.3. The molecule has 1 aliphatic rings. The fourth-order valence-electron chi connectivity index (χ4n) is 9.23. The number of carbonyl (C=O) groups is 1. The van der Waals surface area contributed by atoms with E-state index in [0.29, 0.717) is 0 Å². The number of alkyl halides is 3. The molecular weight excluding hydrogens is 1430 g/mol. The first kappa shape index (κ1) is 67.3. The van der Waals surface area contributed by atoms with Gasteiger partial charge < -0.3 is 24.3 Å². The van der Waals surface area contributed by atoms with Crippen LogP contribution in [0.1, 0.15) is 101 Å². The molecule has 0 bridgehead atoms. The number of aliphatic hydroxyl groups is 1. The van der Waals surface area contributed by atoms with Gasteiger partial charge in [-0.25, -0.2) is 8.42 Å². The Morgan fingerprint density at radius 2 is 0.637 bits per heavy atom. The van der Waals surface area contributed by atoms with Crippen LogP contribution in [0.15, 0.2) is 224 Å². The van der Waals surface area contributed by atoms with Crippen LogP contribution in [0.4, 0.5) is 24.5 Å². The van der Waals surface area contributed by atoms with E-state index in [1.165, 1.54) is 36.7 Å². The molecule has 1 amide bonds. The van der Waals surface area contributed by atoms with Crippen LogP contribution < -0.4 is 41.6 Å². The summed E-state index contributed by atoms with van der Waals surface area (Å²) in [6.07, 6.45) is -1.21. The molecule has 7 nitrogen and oxygen atoms in total. The minimum Gasteiger partial charge on any atom is -0.741 e. The SMILES string of the molecule is O=S(=O)([O-])C(F)(F)F.[Au+].[Au+].[CH-]=C1C(=O)N(c2c(C(C)C)cccc2C(C)C)[C@@H](O)N1c1c(C(C)C)cccc1C(C)C.c1ccc([PH+](c2ccccc2)c2ccccc2)cc1.c1ccc([PH+](c2ccccc2)c2ccccc2)cc1. The maximum atomic E-state index is 13.6. The van der Waals surface area contributed by atoms with Gasteiger partial charge in [0.25, 0.3) is 0 Å². The summed E-state index contributed by atoms with van der Waals surface area (Å²) in [6, 6.07) is 77.2. The third-order valence-electron chi connectivity index (χ3n) is 13.0. The molecule has 0 aromatic heterocycles. The molecule has 8 aromatic rings. The topological polar surface area (TPSA) is 101 Å². The van der Waals surface area contributed by atoms with Crippen molar-refractivity contribution in [3.05, 3.63) is 253 Å². The van der Waals surface area contributed by atoms with Crippen LogP contribution in [0.2, 0.25) is 0 Å². The monoisotopic (exact) mass is 1500 g/mol. The van der Waals surface area contributed by atoms with E-state index in [0.717, 1.165) is 33.6 Å². The minimum atomic E-state index is -6.09. The number of para-hydroxylation sites is 2. The van der Waals surface area contributed by atoms with E-state index >= 15 is 0 Å². The van der Waals surface area contributed by atoms with Crippen LogP contribution in [0.5, 0.6) is 0 Å². The van der Waals surface area contributed by atoms with Crippen LogP contribution in [0.3, 0.4) is 0 Å². The number of benzene rings is 8. The van der Waals surface area contributed by atoms with E-state index in [2.05, 4.69) is 250 Å². The summed E-state index contributed by atoms with van der Waals surface area (Å²) in [7, 11) is -7.84. The van der Waals surface area contributed by atoms with Gasteiger partial charge in [0.15, 0.2) is 10.1 Å². The largest absolute Gasteiger partial charge is 1.00 e. The van der Waals surface area contributed by atoms with E-state index < -0.39 is 37.8 Å². The molecule has 1 saturated heterocycles. The van der Waals surface area contributed by atoms with Crippen LogP contribution in [0, 0.1) is 6.58 Å². The summed E-state index contributed by atoms with van der Waals surface area (Å²) in [5.74, 6) is 0.436. The summed E-state index contributed by atoms with van der Waals surface area (Å²) in [5.41, 5.74) is 0.204. The molecule has 15 heteroatoms. The van der Waals surface area contributed by atoms with Crippen molar-refractivity contribution < 1.29 is 80.8 Å². The Morgan fingerprint density at radius 3 is 0.825 bits per heavy atom.